The molecule has 0 aliphatic carbocycles. The van der Waals surface area contributed by atoms with Gasteiger partial charge in [-0.05, 0) is 57.6 Å². The fourth-order valence-electron chi connectivity index (χ4n) is 2.78. The lowest BCUT2D eigenvalue weighted by atomic mass is 10.2. The molecule has 2 aromatic rings. The van der Waals surface area contributed by atoms with E-state index in [-0.39, 0.29) is 5.38 Å². The highest BCUT2D eigenvalue weighted by Crippen LogP contribution is 2.25. The smallest absolute Gasteiger partial charge is 0.127 e. The summed E-state index contributed by atoms with van der Waals surface area (Å²) in [4.78, 5) is 7.16. The van der Waals surface area contributed by atoms with Crippen LogP contribution in [0.5, 0.6) is 0 Å². The van der Waals surface area contributed by atoms with Gasteiger partial charge in [-0.3, -0.25) is 0 Å². The van der Waals surface area contributed by atoms with Crippen LogP contribution in [0.15, 0.2) is 18.2 Å². The van der Waals surface area contributed by atoms with E-state index in [2.05, 4.69) is 48.4 Å². The second kappa shape index (κ2) is 7.28. The van der Waals surface area contributed by atoms with Crippen molar-refractivity contribution in [2.75, 3.05) is 19.6 Å². The fraction of sp³-hybridized carbons (Fsp3) is 0.588. The van der Waals surface area contributed by atoms with Crippen molar-refractivity contribution in [2.24, 2.45) is 0 Å². The minimum Gasteiger partial charge on any atom is -0.327 e. The number of alkyl halides is 1. The van der Waals surface area contributed by atoms with Crippen LogP contribution in [-0.4, -0.2) is 34.1 Å². The van der Waals surface area contributed by atoms with Gasteiger partial charge in [0.05, 0.1) is 16.4 Å². The third-order valence-electron chi connectivity index (χ3n) is 4.04. The Bertz CT molecular complexity index is 585. The molecule has 0 fully saturated rings. The Morgan fingerprint density at radius 1 is 1.29 bits per heavy atom. The zero-order valence-electron chi connectivity index (χ0n) is 13.6. The summed E-state index contributed by atoms with van der Waals surface area (Å²) in [5.74, 6) is 0.983. The van der Waals surface area contributed by atoms with Gasteiger partial charge in [0.2, 0.25) is 0 Å². The van der Waals surface area contributed by atoms with Crippen molar-refractivity contribution < 1.29 is 0 Å². The van der Waals surface area contributed by atoms with Crippen LogP contribution in [0.1, 0.15) is 44.0 Å². The van der Waals surface area contributed by atoms with E-state index >= 15 is 0 Å². The highest BCUT2D eigenvalue weighted by Gasteiger charge is 2.15. The van der Waals surface area contributed by atoms with Crippen LogP contribution >= 0.6 is 11.6 Å². The average Bonchev–Trinajstić information content (AvgIpc) is 2.82. The maximum Gasteiger partial charge on any atom is 0.127 e. The molecule has 21 heavy (non-hydrogen) atoms. The molecule has 2 rings (SSSR count). The Kier molecular flexibility index (Phi) is 5.65. The van der Waals surface area contributed by atoms with Crippen LogP contribution in [0.25, 0.3) is 11.0 Å². The molecule has 1 aromatic carbocycles. The SMILES string of the molecule is CCN(CC)CCCn1c(C(C)Cl)nc2ccc(C)cc21. The topological polar surface area (TPSA) is 21.1 Å². The van der Waals surface area contributed by atoms with Crippen LogP contribution in [0.3, 0.4) is 0 Å². The first-order valence-electron chi connectivity index (χ1n) is 7.90. The van der Waals surface area contributed by atoms with E-state index in [0.717, 1.165) is 43.9 Å². The summed E-state index contributed by atoms with van der Waals surface area (Å²) in [5.41, 5.74) is 3.52. The number of hydrogen-bond donors (Lipinski definition) is 0. The molecular weight excluding hydrogens is 282 g/mol. The van der Waals surface area contributed by atoms with Crippen molar-refractivity contribution in [1.29, 1.82) is 0 Å². The quantitative estimate of drug-likeness (QED) is 0.708. The zero-order valence-corrected chi connectivity index (χ0v) is 14.3. The predicted molar refractivity (Wildman–Crippen MR) is 91.1 cm³/mol. The Labute approximate surface area is 132 Å². The van der Waals surface area contributed by atoms with E-state index in [1.54, 1.807) is 0 Å². The van der Waals surface area contributed by atoms with Gasteiger partial charge >= 0.3 is 0 Å². The van der Waals surface area contributed by atoms with Crippen molar-refractivity contribution in [1.82, 2.24) is 14.5 Å². The van der Waals surface area contributed by atoms with E-state index in [4.69, 9.17) is 16.6 Å². The van der Waals surface area contributed by atoms with Gasteiger partial charge in [0.1, 0.15) is 5.82 Å². The van der Waals surface area contributed by atoms with E-state index in [1.807, 2.05) is 6.92 Å². The summed E-state index contributed by atoms with van der Waals surface area (Å²) in [5, 5.41) is -0.0637. The fourth-order valence-corrected chi connectivity index (χ4v) is 2.95. The molecule has 0 aliphatic heterocycles. The number of fused-ring (bicyclic) bond motifs is 1. The first kappa shape index (κ1) is 16.3. The lowest BCUT2D eigenvalue weighted by molar-refractivity contribution is 0.293. The van der Waals surface area contributed by atoms with Gasteiger partial charge < -0.3 is 9.47 Å². The molecule has 1 heterocycles. The first-order chi connectivity index (χ1) is 10.1. The molecular formula is C17H26ClN3. The highest BCUT2D eigenvalue weighted by molar-refractivity contribution is 6.20. The predicted octanol–water partition coefficient (Wildman–Crippen LogP) is 4.38. The Hall–Kier alpha value is -1.06. The van der Waals surface area contributed by atoms with Crippen LogP contribution in [0.2, 0.25) is 0 Å². The molecule has 1 atom stereocenters. The second-order valence-corrected chi connectivity index (χ2v) is 6.26. The Balaban J connectivity index is 2.23. The van der Waals surface area contributed by atoms with Gasteiger partial charge in [-0.1, -0.05) is 19.9 Å². The summed E-state index contributed by atoms with van der Waals surface area (Å²) < 4.78 is 2.30. The minimum absolute atomic E-state index is 0.0637. The molecule has 0 amide bonds. The highest BCUT2D eigenvalue weighted by atomic mass is 35.5. The van der Waals surface area contributed by atoms with E-state index < -0.39 is 0 Å². The summed E-state index contributed by atoms with van der Waals surface area (Å²) in [6.07, 6.45) is 1.12. The van der Waals surface area contributed by atoms with E-state index in [0.29, 0.717) is 0 Å². The van der Waals surface area contributed by atoms with E-state index in [1.165, 1.54) is 11.1 Å². The molecule has 0 saturated carbocycles. The molecule has 0 radical (unpaired) electrons. The maximum absolute atomic E-state index is 6.32. The molecule has 3 nitrogen and oxygen atoms in total. The number of halogens is 1. The van der Waals surface area contributed by atoms with Crippen LogP contribution < -0.4 is 0 Å². The third kappa shape index (κ3) is 3.78. The van der Waals surface area contributed by atoms with Gasteiger partial charge in [-0.2, -0.15) is 0 Å². The monoisotopic (exact) mass is 307 g/mol. The number of aryl methyl sites for hydroxylation is 2. The van der Waals surface area contributed by atoms with Gasteiger partial charge in [-0.25, -0.2) is 4.98 Å². The number of nitrogens with zero attached hydrogens (tertiary/aromatic N) is 3. The average molecular weight is 308 g/mol. The van der Waals surface area contributed by atoms with Crippen LogP contribution in [0, 0.1) is 6.92 Å². The van der Waals surface area contributed by atoms with Crippen molar-refractivity contribution >= 4 is 22.6 Å². The van der Waals surface area contributed by atoms with Crippen LogP contribution in [-0.2, 0) is 6.54 Å². The van der Waals surface area contributed by atoms with Crippen molar-refractivity contribution in [3.63, 3.8) is 0 Å². The summed E-state index contributed by atoms with van der Waals surface area (Å²) in [6.45, 7) is 12.9. The molecule has 0 aliphatic rings. The lowest BCUT2D eigenvalue weighted by Crippen LogP contribution is -2.25. The first-order valence-corrected chi connectivity index (χ1v) is 8.33. The molecule has 116 valence electrons. The maximum atomic E-state index is 6.32. The molecule has 0 saturated heterocycles. The molecule has 1 unspecified atom stereocenters. The van der Waals surface area contributed by atoms with Crippen LogP contribution in [0.4, 0.5) is 0 Å². The Morgan fingerprint density at radius 2 is 2.00 bits per heavy atom. The number of imidazole rings is 1. The largest absolute Gasteiger partial charge is 0.327 e. The van der Waals surface area contributed by atoms with Gasteiger partial charge in [-0.15, -0.1) is 11.6 Å². The summed E-state index contributed by atoms with van der Waals surface area (Å²) in [6, 6.07) is 6.41. The molecule has 0 spiro atoms. The molecule has 4 heteroatoms. The number of benzene rings is 1. The van der Waals surface area contributed by atoms with Gasteiger partial charge in [0.15, 0.2) is 0 Å². The van der Waals surface area contributed by atoms with Crippen molar-refractivity contribution in [2.45, 2.75) is 46.0 Å². The van der Waals surface area contributed by atoms with Gasteiger partial charge in [0.25, 0.3) is 0 Å². The Morgan fingerprint density at radius 3 is 2.62 bits per heavy atom. The lowest BCUT2D eigenvalue weighted by Gasteiger charge is -2.18. The molecule has 1 aromatic heterocycles. The molecule has 0 N–H and O–H groups in total. The standard InChI is InChI=1S/C17H26ClN3/c1-5-20(6-2)10-7-11-21-16-12-13(3)8-9-15(16)19-17(21)14(4)18/h8-9,12,14H,5-7,10-11H2,1-4H3. The molecule has 0 bridgehead atoms. The summed E-state index contributed by atoms with van der Waals surface area (Å²) in [7, 11) is 0. The summed E-state index contributed by atoms with van der Waals surface area (Å²) >= 11 is 6.32. The zero-order chi connectivity index (χ0) is 15.4. The normalized spacial score (nSPS) is 13.2. The second-order valence-electron chi connectivity index (χ2n) is 5.61. The van der Waals surface area contributed by atoms with Crippen molar-refractivity contribution in [3.8, 4) is 0 Å². The number of aromatic nitrogens is 2. The number of rotatable bonds is 7. The van der Waals surface area contributed by atoms with Crippen molar-refractivity contribution in [3.05, 3.63) is 29.6 Å². The number of hydrogen-bond acceptors (Lipinski definition) is 2. The third-order valence-corrected chi connectivity index (χ3v) is 4.23. The van der Waals surface area contributed by atoms with E-state index in [9.17, 15) is 0 Å². The van der Waals surface area contributed by atoms with Gasteiger partial charge in [0, 0.05) is 6.54 Å². The minimum atomic E-state index is -0.0637.